The van der Waals surface area contributed by atoms with Crippen LogP contribution < -0.4 is 4.90 Å². The molecule has 1 aromatic carbocycles. The van der Waals surface area contributed by atoms with E-state index >= 15 is 0 Å². The van der Waals surface area contributed by atoms with E-state index < -0.39 is 6.10 Å². The van der Waals surface area contributed by atoms with Gasteiger partial charge in [-0.15, -0.1) is 0 Å². The molecule has 1 heterocycles. The Morgan fingerprint density at radius 2 is 2.17 bits per heavy atom. The maximum absolute atomic E-state index is 13.9. The lowest BCUT2D eigenvalue weighted by Gasteiger charge is -2.20. The molecular weight excluding hydrogens is 233 g/mol. The Kier molecular flexibility index (Phi) is 3.67. The molecule has 0 spiro atoms. The van der Waals surface area contributed by atoms with Gasteiger partial charge in [0.05, 0.1) is 24.3 Å². The molecule has 0 amide bonds. The van der Waals surface area contributed by atoms with Crippen LogP contribution in [-0.4, -0.2) is 12.2 Å². The smallest absolute Gasteiger partial charge is 0.146 e. The second-order valence-electron chi connectivity index (χ2n) is 4.37. The summed E-state index contributed by atoms with van der Waals surface area (Å²) in [5, 5.41) is 9.39. The minimum Gasteiger partial charge on any atom is -0.472 e. The summed E-state index contributed by atoms with van der Waals surface area (Å²) in [5.74, 6) is -0.334. The third-order valence-electron chi connectivity index (χ3n) is 2.87. The molecule has 0 aliphatic heterocycles. The largest absolute Gasteiger partial charge is 0.472 e. The van der Waals surface area contributed by atoms with Gasteiger partial charge in [-0.3, -0.25) is 0 Å². The monoisotopic (exact) mass is 249 g/mol. The molecule has 2 aromatic rings. The second kappa shape index (κ2) is 5.23. The summed E-state index contributed by atoms with van der Waals surface area (Å²) in [5.41, 5.74) is 2.06. The first-order valence-corrected chi connectivity index (χ1v) is 5.77. The molecule has 4 heteroatoms. The molecule has 1 atom stereocenters. The van der Waals surface area contributed by atoms with Gasteiger partial charge in [0.25, 0.3) is 0 Å². The Labute approximate surface area is 105 Å². The molecule has 0 bridgehead atoms. The van der Waals surface area contributed by atoms with E-state index in [1.807, 2.05) is 13.1 Å². The van der Waals surface area contributed by atoms with Gasteiger partial charge in [-0.25, -0.2) is 4.39 Å². The molecule has 0 saturated heterocycles. The third kappa shape index (κ3) is 2.71. The van der Waals surface area contributed by atoms with Gasteiger partial charge in [0.1, 0.15) is 5.82 Å². The molecule has 1 N–H and O–H groups in total. The molecule has 1 aromatic heterocycles. The van der Waals surface area contributed by atoms with Crippen molar-refractivity contribution in [2.24, 2.45) is 0 Å². The first kappa shape index (κ1) is 12.6. The number of anilines is 1. The molecule has 96 valence electrons. The van der Waals surface area contributed by atoms with E-state index in [0.717, 1.165) is 5.56 Å². The van der Waals surface area contributed by atoms with Crippen LogP contribution in [0.15, 0.2) is 41.2 Å². The van der Waals surface area contributed by atoms with E-state index in [1.165, 1.54) is 6.07 Å². The van der Waals surface area contributed by atoms with E-state index in [4.69, 9.17) is 4.42 Å². The highest BCUT2D eigenvalue weighted by Crippen LogP contribution is 2.23. The Hall–Kier alpha value is -1.81. The minimum atomic E-state index is -0.660. The van der Waals surface area contributed by atoms with E-state index in [9.17, 15) is 9.50 Å². The zero-order chi connectivity index (χ0) is 13.1. The fourth-order valence-electron chi connectivity index (χ4n) is 1.83. The summed E-state index contributed by atoms with van der Waals surface area (Å²) in [6, 6.07) is 6.62. The number of hydrogen-bond donors (Lipinski definition) is 1. The molecule has 2 rings (SSSR count). The first-order valence-electron chi connectivity index (χ1n) is 5.77. The van der Waals surface area contributed by atoms with E-state index in [0.29, 0.717) is 17.8 Å². The maximum Gasteiger partial charge on any atom is 0.146 e. The van der Waals surface area contributed by atoms with Gasteiger partial charge in [0.15, 0.2) is 0 Å². The van der Waals surface area contributed by atoms with Crippen molar-refractivity contribution in [1.29, 1.82) is 0 Å². The standard InChI is InChI=1S/C14H16FNO2/c1-10(17)12-3-4-14(13(15)7-12)16(2)8-11-5-6-18-9-11/h3-7,9-10,17H,8H2,1-2H3. The molecule has 0 aliphatic carbocycles. The van der Waals surface area contributed by atoms with Crippen molar-refractivity contribution in [3.8, 4) is 0 Å². The van der Waals surface area contributed by atoms with E-state index in [-0.39, 0.29) is 5.82 Å². The maximum atomic E-state index is 13.9. The van der Waals surface area contributed by atoms with Crippen LogP contribution in [0.25, 0.3) is 0 Å². The highest BCUT2D eigenvalue weighted by molar-refractivity contribution is 5.49. The Bertz CT molecular complexity index is 509. The summed E-state index contributed by atoms with van der Waals surface area (Å²) in [4.78, 5) is 1.80. The number of rotatable bonds is 4. The van der Waals surface area contributed by atoms with Crippen LogP contribution in [-0.2, 0) is 6.54 Å². The van der Waals surface area contributed by atoms with Crippen LogP contribution in [0.1, 0.15) is 24.2 Å². The number of benzene rings is 1. The summed E-state index contributed by atoms with van der Waals surface area (Å²) in [6.45, 7) is 2.19. The van der Waals surface area contributed by atoms with Crippen molar-refractivity contribution < 1.29 is 13.9 Å². The van der Waals surface area contributed by atoms with Crippen LogP contribution in [0.3, 0.4) is 0 Å². The molecule has 18 heavy (non-hydrogen) atoms. The SMILES string of the molecule is CC(O)c1ccc(N(C)Cc2ccoc2)c(F)c1. The molecule has 1 unspecified atom stereocenters. The van der Waals surface area contributed by atoms with E-state index in [2.05, 4.69) is 0 Å². The van der Waals surface area contributed by atoms with E-state index in [1.54, 1.807) is 36.5 Å². The quantitative estimate of drug-likeness (QED) is 0.904. The summed E-state index contributed by atoms with van der Waals surface area (Å²) < 4.78 is 18.9. The fraction of sp³-hybridized carbons (Fsp3) is 0.286. The van der Waals surface area contributed by atoms with Crippen LogP contribution in [0, 0.1) is 5.82 Å². The minimum absolute atomic E-state index is 0.334. The van der Waals surface area contributed by atoms with Gasteiger partial charge in [0.2, 0.25) is 0 Å². The van der Waals surface area contributed by atoms with Gasteiger partial charge >= 0.3 is 0 Å². The second-order valence-corrected chi connectivity index (χ2v) is 4.37. The number of aliphatic hydroxyl groups is 1. The van der Waals surface area contributed by atoms with Crippen molar-refractivity contribution in [2.75, 3.05) is 11.9 Å². The zero-order valence-corrected chi connectivity index (χ0v) is 10.4. The highest BCUT2D eigenvalue weighted by atomic mass is 19.1. The predicted molar refractivity (Wildman–Crippen MR) is 67.8 cm³/mol. The fourth-order valence-corrected chi connectivity index (χ4v) is 1.83. The number of halogens is 1. The topological polar surface area (TPSA) is 36.6 Å². The zero-order valence-electron chi connectivity index (χ0n) is 10.4. The third-order valence-corrected chi connectivity index (χ3v) is 2.87. The molecule has 0 radical (unpaired) electrons. The van der Waals surface area contributed by atoms with Crippen molar-refractivity contribution >= 4 is 5.69 Å². The normalized spacial score (nSPS) is 12.4. The van der Waals surface area contributed by atoms with Crippen molar-refractivity contribution in [1.82, 2.24) is 0 Å². The number of aliphatic hydroxyl groups excluding tert-OH is 1. The van der Waals surface area contributed by atoms with Gasteiger partial charge < -0.3 is 14.4 Å². The number of furan rings is 1. The van der Waals surface area contributed by atoms with Crippen LogP contribution in [0.5, 0.6) is 0 Å². The average molecular weight is 249 g/mol. The number of nitrogens with zero attached hydrogens (tertiary/aromatic N) is 1. The number of hydrogen-bond acceptors (Lipinski definition) is 3. The van der Waals surface area contributed by atoms with Gasteiger partial charge in [-0.1, -0.05) is 6.07 Å². The summed E-state index contributed by atoms with van der Waals surface area (Å²) in [7, 11) is 1.81. The molecule has 0 fully saturated rings. The average Bonchev–Trinajstić information content (AvgIpc) is 2.81. The van der Waals surface area contributed by atoms with Gasteiger partial charge in [-0.2, -0.15) is 0 Å². The van der Waals surface area contributed by atoms with Crippen molar-refractivity contribution in [3.63, 3.8) is 0 Å². The molecule has 0 saturated carbocycles. The molecule has 0 aliphatic rings. The Morgan fingerprint density at radius 1 is 1.39 bits per heavy atom. The van der Waals surface area contributed by atoms with Crippen molar-refractivity contribution in [2.45, 2.75) is 19.6 Å². The molecular formula is C14H16FNO2. The van der Waals surface area contributed by atoms with Crippen molar-refractivity contribution in [3.05, 3.63) is 53.7 Å². The van der Waals surface area contributed by atoms with Gasteiger partial charge in [0, 0.05) is 19.2 Å². The lowest BCUT2D eigenvalue weighted by Crippen LogP contribution is -2.17. The summed E-state index contributed by atoms with van der Waals surface area (Å²) in [6.07, 6.45) is 2.57. The lowest BCUT2D eigenvalue weighted by atomic mass is 10.1. The molecule has 3 nitrogen and oxygen atoms in total. The Morgan fingerprint density at radius 3 is 2.72 bits per heavy atom. The highest BCUT2D eigenvalue weighted by Gasteiger charge is 2.11. The first-order chi connectivity index (χ1) is 8.58. The summed E-state index contributed by atoms with van der Waals surface area (Å²) >= 11 is 0. The van der Waals surface area contributed by atoms with Crippen LogP contribution in [0.4, 0.5) is 10.1 Å². The Balaban J connectivity index is 2.17. The predicted octanol–water partition coefficient (Wildman–Crippen LogP) is 3.11. The van der Waals surface area contributed by atoms with Gasteiger partial charge in [-0.05, 0) is 30.7 Å². The van der Waals surface area contributed by atoms with Crippen LogP contribution >= 0.6 is 0 Å². The lowest BCUT2D eigenvalue weighted by molar-refractivity contribution is 0.199. The van der Waals surface area contributed by atoms with Crippen LogP contribution in [0.2, 0.25) is 0 Å².